The lowest BCUT2D eigenvalue weighted by Gasteiger charge is -2.56. The van der Waals surface area contributed by atoms with Crippen LogP contribution < -0.4 is 0 Å². The van der Waals surface area contributed by atoms with Crippen molar-refractivity contribution in [1.29, 1.82) is 0 Å². The molecule has 1 unspecified atom stereocenters. The van der Waals surface area contributed by atoms with Crippen LogP contribution in [-0.2, 0) is 4.79 Å². The van der Waals surface area contributed by atoms with Gasteiger partial charge in [0.15, 0.2) is 5.82 Å². The van der Waals surface area contributed by atoms with Gasteiger partial charge in [-0.1, -0.05) is 5.16 Å². The number of likely N-dealkylation sites (tertiary alicyclic amines) is 1. The van der Waals surface area contributed by atoms with Crippen LogP contribution in [-0.4, -0.2) is 27.5 Å². The quantitative estimate of drug-likeness (QED) is 0.840. The molecule has 2 heterocycles. The minimum atomic E-state index is -0.0631. The van der Waals surface area contributed by atoms with E-state index in [0.29, 0.717) is 17.6 Å². The minimum Gasteiger partial charge on any atom is -0.337 e. The normalized spacial score (nSPS) is 41.7. The maximum absolute atomic E-state index is 13.5. The van der Waals surface area contributed by atoms with Crippen LogP contribution in [0.3, 0.4) is 0 Å². The highest BCUT2D eigenvalue weighted by Crippen LogP contribution is 2.61. The van der Waals surface area contributed by atoms with E-state index in [1.54, 1.807) is 0 Å². The first-order valence-electron chi connectivity index (χ1n) is 9.24. The average Bonchev–Trinajstić information content (AvgIpc) is 3.13. The summed E-state index contributed by atoms with van der Waals surface area (Å²) >= 11 is 0. The Labute approximate surface area is 136 Å². The van der Waals surface area contributed by atoms with Crippen LogP contribution in [0.15, 0.2) is 4.52 Å². The molecular weight excluding hydrogens is 290 g/mol. The van der Waals surface area contributed by atoms with Crippen LogP contribution in [0.4, 0.5) is 0 Å². The van der Waals surface area contributed by atoms with E-state index in [1.165, 1.54) is 19.3 Å². The smallest absolute Gasteiger partial charge is 0.249 e. The van der Waals surface area contributed by atoms with Crippen LogP contribution >= 0.6 is 0 Å². The van der Waals surface area contributed by atoms with Crippen molar-refractivity contribution in [1.82, 2.24) is 15.0 Å². The van der Waals surface area contributed by atoms with Gasteiger partial charge in [0.25, 0.3) is 0 Å². The van der Waals surface area contributed by atoms with Crippen molar-refractivity contribution >= 4 is 5.91 Å². The predicted molar refractivity (Wildman–Crippen MR) is 83.3 cm³/mol. The molecule has 1 saturated heterocycles. The summed E-state index contributed by atoms with van der Waals surface area (Å²) in [5.74, 6) is 4.10. The molecule has 1 atom stereocenters. The zero-order valence-electron chi connectivity index (χ0n) is 13.8. The minimum absolute atomic E-state index is 0.0108. The van der Waals surface area contributed by atoms with Crippen LogP contribution in [0, 0.1) is 30.1 Å². The van der Waals surface area contributed by atoms with Gasteiger partial charge in [0, 0.05) is 6.54 Å². The number of nitrogens with zero attached hydrogens (tertiary/aromatic N) is 3. The Morgan fingerprint density at radius 2 is 1.83 bits per heavy atom. The molecule has 23 heavy (non-hydrogen) atoms. The van der Waals surface area contributed by atoms with Gasteiger partial charge in [-0.2, -0.15) is 4.98 Å². The Morgan fingerprint density at radius 1 is 1.17 bits per heavy atom. The molecular formula is C18H25N3O2. The van der Waals surface area contributed by atoms with Crippen molar-refractivity contribution < 1.29 is 9.32 Å². The van der Waals surface area contributed by atoms with Gasteiger partial charge in [-0.05, 0) is 76.0 Å². The molecule has 5 fully saturated rings. The molecule has 124 valence electrons. The van der Waals surface area contributed by atoms with Crippen molar-refractivity contribution in [2.75, 3.05) is 6.54 Å². The highest BCUT2D eigenvalue weighted by Gasteiger charge is 2.56. The third kappa shape index (κ3) is 2.08. The highest BCUT2D eigenvalue weighted by molar-refractivity contribution is 5.84. The number of carbonyl (C=O) groups excluding carboxylic acids is 1. The zero-order valence-corrected chi connectivity index (χ0v) is 13.8. The molecule has 5 aliphatic rings. The third-order valence-corrected chi connectivity index (χ3v) is 6.83. The Hall–Kier alpha value is -1.39. The monoisotopic (exact) mass is 315 g/mol. The first-order chi connectivity index (χ1) is 11.1. The van der Waals surface area contributed by atoms with E-state index in [4.69, 9.17) is 4.52 Å². The second-order valence-corrected chi connectivity index (χ2v) is 8.53. The van der Waals surface area contributed by atoms with Crippen LogP contribution in [0.5, 0.6) is 0 Å². The number of hydrogen-bond acceptors (Lipinski definition) is 4. The molecule has 0 radical (unpaired) electrons. The van der Waals surface area contributed by atoms with E-state index >= 15 is 0 Å². The zero-order chi connectivity index (χ0) is 15.6. The molecule has 0 spiro atoms. The number of aryl methyl sites for hydroxylation is 1. The Bertz CT molecular complexity index is 603. The van der Waals surface area contributed by atoms with Crippen molar-refractivity contribution in [2.45, 2.75) is 64.3 Å². The number of hydrogen-bond donors (Lipinski definition) is 0. The first-order valence-corrected chi connectivity index (χ1v) is 9.24. The fraction of sp³-hybridized carbons (Fsp3) is 0.833. The Balaban J connectivity index is 1.43. The lowest BCUT2D eigenvalue weighted by Crippen LogP contribution is -2.54. The summed E-state index contributed by atoms with van der Waals surface area (Å²) in [7, 11) is 0. The van der Waals surface area contributed by atoms with Gasteiger partial charge in [-0.3, -0.25) is 4.79 Å². The highest BCUT2D eigenvalue weighted by atomic mass is 16.5. The summed E-state index contributed by atoms with van der Waals surface area (Å²) in [5, 5.41) is 3.92. The van der Waals surface area contributed by atoms with Crippen LogP contribution in [0.2, 0.25) is 0 Å². The van der Waals surface area contributed by atoms with Crippen molar-refractivity contribution in [3.63, 3.8) is 0 Å². The SMILES string of the molecule is Cc1noc(C2CCCN2C(=O)C23CC4CC(CC(C4)C2)C3)n1. The van der Waals surface area contributed by atoms with E-state index in [0.717, 1.165) is 56.4 Å². The molecule has 1 amide bonds. The van der Waals surface area contributed by atoms with Gasteiger partial charge in [-0.25, -0.2) is 0 Å². The van der Waals surface area contributed by atoms with E-state index in [2.05, 4.69) is 15.0 Å². The lowest BCUT2D eigenvalue weighted by molar-refractivity contribution is -0.159. The summed E-state index contributed by atoms with van der Waals surface area (Å²) in [6.45, 7) is 2.69. The Morgan fingerprint density at radius 3 is 2.39 bits per heavy atom. The summed E-state index contributed by atoms with van der Waals surface area (Å²) in [6.07, 6.45) is 9.51. The van der Waals surface area contributed by atoms with E-state index < -0.39 is 0 Å². The van der Waals surface area contributed by atoms with Crippen molar-refractivity contribution in [3.05, 3.63) is 11.7 Å². The largest absolute Gasteiger partial charge is 0.337 e. The van der Waals surface area contributed by atoms with Gasteiger partial charge in [0.2, 0.25) is 11.8 Å². The molecule has 1 aromatic heterocycles. The van der Waals surface area contributed by atoms with Gasteiger partial charge in [-0.15, -0.1) is 0 Å². The fourth-order valence-corrected chi connectivity index (χ4v) is 6.39. The van der Waals surface area contributed by atoms with E-state index in [9.17, 15) is 4.79 Å². The van der Waals surface area contributed by atoms with Gasteiger partial charge < -0.3 is 9.42 Å². The molecule has 5 heteroatoms. The fourth-order valence-electron chi connectivity index (χ4n) is 6.39. The van der Waals surface area contributed by atoms with Crippen molar-refractivity contribution in [2.24, 2.45) is 23.2 Å². The maximum atomic E-state index is 13.5. The number of aromatic nitrogens is 2. The Kier molecular flexibility index (Phi) is 2.92. The van der Waals surface area contributed by atoms with E-state index in [1.807, 2.05) is 6.92 Å². The van der Waals surface area contributed by atoms with Crippen LogP contribution in [0.25, 0.3) is 0 Å². The van der Waals surface area contributed by atoms with Crippen LogP contribution in [0.1, 0.15) is 69.1 Å². The lowest BCUT2D eigenvalue weighted by atomic mass is 9.49. The summed E-state index contributed by atoms with van der Waals surface area (Å²) in [4.78, 5) is 20.0. The number of rotatable bonds is 2. The average molecular weight is 315 g/mol. The predicted octanol–water partition coefficient (Wildman–Crippen LogP) is 3.26. The van der Waals surface area contributed by atoms with Gasteiger partial charge >= 0.3 is 0 Å². The summed E-state index contributed by atoms with van der Waals surface area (Å²) < 4.78 is 5.39. The second kappa shape index (κ2) is 4.81. The van der Waals surface area contributed by atoms with Gasteiger partial charge in [0.1, 0.15) is 6.04 Å². The summed E-state index contributed by atoms with van der Waals surface area (Å²) in [6, 6.07) is 0.0108. The first kappa shape index (κ1) is 14.0. The molecule has 6 rings (SSSR count). The topological polar surface area (TPSA) is 59.2 Å². The molecule has 4 saturated carbocycles. The van der Waals surface area contributed by atoms with E-state index in [-0.39, 0.29) is 11.5 Å². The van der Waals surface area contributed by atoms with Crippen molar-refractivity contribution in [3.8, 4) is 0 Å². The third-order valence-electron chi connectivity index (χ3n) is 6.83. The maximum Gasteiger partial charge on any atom is 0.249 e. The molecule has 0 aromatic carbocycles. The molecule has 4 aliphatic carbocycles. The number of carbonyl (C=O) groups is 1. The molecule has 1 aromatic rings. The molecule has 0 N–H and O–H groups in total. The molecule has 1 aliphatic heterocycles. The van der Waals surface area contributed by atoms with Gasteiger partial charge in [0.05, 0.1) is 5.41 Å². The molecule has 5 nitrogen and oxygen atoms in total. The second-order valence-electron chi connectivity index (χ2n) is 8.53. The standard InChI is InChI=1S/C18H25N3O2/c1-11-19-16(23-20-11)15-3-2-4-21(15)17(22)18-8-12-5-13(9-18)7-14(6-12)10-18/h12-15H,2-10H2,1H3. The summed E-state index contributed by atoms with van der Waals surface area (Å²) in [5.41, 5.74) is -0.0631. The molecule has 4 bridgehead atoms. The number of amides is 1.